The van der Waals surface area contributed by atoms with Crippen LogP contribution < -0.4 is 11.1 Å². The number of anilines is 1. The molecule has 3 aromatic rings. The molecule has 5 N–H and O–H groups in total. The van der Waals surface area contributed by atoms with Crippen molar-refractivity contribution in [2.45, 2.75) is 25.5 Å². The van der Waals surface area contributed by atoms with Gasteiger partial charge in [-0.25, -0.2) is 24.3 Å². The lowest BCUT2D eigenvalue weighted by molar-refractivity contribution is 0.0394. The van der Waals surface area contributed by atoms with Gasteiger partial charge in [0.25, 0.3) is 0 Å². The highest BCUT2D eigenvalue weighted by atomic mass is 19.1. The van der Waals surface area contributed by atoms with Gasteiger partial charge in [0, 0.05) is 31.6 Å². The second kappa shape index (κ2) is 8.20. The number of piperidine rings is 2. The molecule has 172 valence electrons. The van der Waals surface area contributed by atoms with E-state index in [-0.39, 0.29) is 11.9 Å². The van der Waals surface area contributed by atoms with Crippen LogP contribution in [0.1, 0.15) is 30.8 Å². The lowest BCUT2D eigenvalue weighted by Crippen LogP contribution is -2.63. The van der Waals surface area contributed by atoms with Gasteiger partial charge in [-0.15, -0.1) is 0 Å². The monoisotopic (exact) mass is 450 g/mol. The van der Waals surface area contributed by atoms with Gasteiger partial charge in [0.2, 0.25) is 0 Å². The summed E-state index contributed by atoms with van der Waals surface area (Å²) >= 11 is 0. The summed E-state index contributed by atoms with van der Waals surface area (Å²) in [6.45, 7) is 6.83. The summed E-state index contributed by atoms with van der Waals surface area (Å²) in [5.74, 6) is 1.88. The number of halogens is 1. The maximum atomic E-state index is 14.5. The average Bonchev–Trinajstić information content (AvgIpc) is 3.20. The molecule has 1 aromatic carbocycles. The molecule has 3 aliphatic rings. The number of aromatic amines is 1. The lowest BCUT2D eigenvalue weighted by atomic mass is 9.66. The van der Waals surface area contributed by atoms with Crippen LogP contribution in [-0.2, 0) is 0 Å². The summed E-state index contributed by atoms with van der Waals surface area (Å²) in [5, 5.41) is 13.4. The number of rotatable bonds is 5. The highest BCUT2D eigenvalue weighted by Gasteiger charge is 2.45. The third-order valence-electron chi connectivity index (χ3n) is 6.67. The SMILES string of the molecule is C=Nc1[nH]c2c(NC)cc(F)cc2c1C(=Nc1cnc(C(C)O)nc1)N1CC2CC(C1)C2N. The lowest BCUT2D eigenvalue weighted by Gasteiger charge is -2.52. The number of H-pyrrole nitrogens is 1. The molecule has 3 unspecified atom stereocenters. The van der Waals surface area contributed by atoms with Crippen molar-refractivity contribution in [1.82, 2.24) is 19.9 Å². The van der Waals surface area contributed by atoms with E-state index in [9.17, 15) is 9.50 Å². The number of aliphatic hydroxyl groups is 1. The topological polar surface area (TPSA) is 128 Å². The minimum Gasteiger partial charge on any atom is -0.386 e. The van der Waals surface area contributed by atoms with E-state index in [1.165, 1.54) is 12.1 Å². The third kappa shape index (κ3) is 3.65. The molecule has 3 atom stereocenters. The molecular weight excluding hydrogens is 423 g/mol. The van der Waals surface area contributed by atoms with E-state index >= 15 is 0 Å². The molecule has 1 aliphatic carbocycles. The fourth-order valence-electron chi connectivity index (χ4n) is 4.90. The predicted octanol–water partition coefficient (Wildman–Crippen LogP) is 2.88. The van der Waals surface area contributed by atoms with Crippen molar-refractivity contribution in [3.05, 3.63) is 41.7 Å². The number of aliphatic hydroxyl groups excluding tert-OH is 1. The normalized spacial score (nSPS) is 23.4. The molecule has 4 heterocycles. The Hall–Kier alpha value is -3.37. The summed E-state index contributed by atoms with van der Waals surface area (Å²) in [6, 6.07) is 3.11. The van der Waals surface area contributed by atoms with Crippen LogP contribution in [0.3, 0.4) is 0 Å². The van der Waals surface area contributed by atoms with Crippen LogP contribution in [0.25, 0.3) is 10.9 Å². The number of hydrogen-bond donors (Lipinski definition) is 4. The Morgan fingerprint density at radius 2 is 2.03 bits per heavy atom. The van der Waals surface area contributed by atoms with Gasteiger partial charge in [-0.2, -0.15) is 0 Å². The molecule has 2 aliphatic heterocycles. The van der Waals surface area contributed by atoms with E-state index in [1.54, 1.807) is 26.4 Å². The first-order valence-corrected chi connectivity index (χ1v) is 11.0. The van der Waals surface area contributed by atoms with Gasteiger partial charge in [0.1, 0.15) is 29.3 Å². The summed E-state index contributed by atoms with van der Waals surface area (Å²) in [7, 11) is 1.74. The third-order valence-corrected chi connectivity index (χ3v) is 6.67. The summed E-state index contributed by atoms with van der Waals surface area (Å²) in [4.78, 5) is 23.0. The molecule has 1 saturated carbocycles. The van der Waals surface area contributed by atoms with Crippen LogP contribution >= 0.6 is 0 Å². The van der Waals surface area contributed by atoms with E-state index in [1.807, 2.05) is 0 Å². The smallest absolute Gasteiger partial charge is 0.156 e. The second-order valence-electron chi connectivity index (χ2n) is 8.78. The quantitative estimate of drug-likeness (QED) is 0.350. The number of aromatic nitrogens is 3. The van der Waals surface area contributed by atoms with Crippen molar-refractivity contribution in [2.24, 2.45) is 27.6 Å². The number of benzene rings is 1. The van der Waals surface area contributed by atoms with E-state index < -0.39 is 6.10 Å². The molecule has 33 heavy (non-hydrogen) atoms. The molecular formula is C23H27FN8O. The Kier molecular flexibility index (Phi) is 5.34. The minimum atomic E-state index is -0.772. The molecule has 3 fully saturated rings. The van der Waals surface area contributed by atoms with Crippen LogP contribution in [0.2, 0.25) is 0 Å². The molecule has 2 bridgehead atoms. The number of nitrogens with one attached hydrogen (secondary N) is 2. The Morgan fingerprint density at radius 1 is 1.33 bits per heavy atom. The Balaban J connectivity index is 1.68. The fraction of sp³-hybridized carbons (Fsp3) is 0.391. The van der Waals surface area contributed by atoms with E-state index in [0.717, 1.165) is 25.0 Å². The summed E-state index contributed by atoms with van der Waals surface area (Å²) in [5.41, 5.74) is 8.85. The standard InChI is InChI=1S/C23H27FN8O/c1-11(33)21-28-7-15(8-29-21)30-23(32-9-12-4-13(10-32)19(12)25)18-16-5-14(24)6-17(26-2)20(16)31-22(18)27-3/h5-8,11-13,19,26,31,33H,3-4,9-10,25H2,1-2H3. The summed E-state index contributed by atoms with van der Waals surface area (Å²) < 4.78 is 14.5. The number of aliphatic imine (C=N–C) groups is 2. The molecule has 0 radical (unpaired) electrons. The Bertz CT molecular complexity index is 1220. The van der Waals surface area contributed by atoms with Crippen molar-refractivity contribution < 1.29 is 9.50 Å². The Morgan fingerprint density at radius 3 is 2.61 bits per heavy atom. The van der Waals surface area contributed by atoms with Crippen molar-refractivity contribution in [2.75, 3.05) is 25.5 Å². The summed E-state index contributed by atoms with van der Waals surface area (Å²) in [6.07, 6.45) is 3.48. The van der Waals surface area contributed by atoms with E-state index in [2.05, 4.69) is 36.9 Å². The number of nitrogens with zero attached hydrogens (tertiary/aromatic N) is 5. The van der Waals surface area contributed by atoms with E-state index in [0.29, 0.717) is 51.6 Å². The Labute approximate surface area is 190 Å². The van der Waals surface area contributed by atoms with E-state index in [4.69, 9.17) is 10.7 Å². The van der Waals surface area contributed by atoms with Gasteiger partial charge in [0.05, 0.1) is 29.2 Å². The maximum absolute atomic E-state index is 14.5. The van der Waals surface area contributed by atoms with Crippen LogP contribution in [-0.4, -0.2) is 63.7 Å². The van der Waals surface area contributed by atoms with Gasteiger partial charge >= 0.3 is 0 Å². The van der Waals surface area contributed by atoms with Gasteiger partial charge in [-0.1, -0.05) is 0 Å². The van der Waals surface area contributed by atoms with Crippen LogP contribution in [0, 0.1) is 17.7 Å². The van der Waals surface area contributed by atoms with Gasteiger partial charge in [-0.05, 0) is 44.0 Å². The maximum Gasteiger partial charge on any atom is 0.156 e. The van der Waals surface area contributed by atoms with Crippen molar-refractivity contribution in [3.8, 4) is 0 Å². The minimum absolute atomic E-state index is 0.199. The molecule has 10 heteroatoms. The van der Waals surface area contributed by atoms with Crippen molar-refractivity contribution in [1.29, 1.82) is 0 Å². The molecule has 6 rings (SSSR count). The largest absolute Gasteiger partial charge is 0.386 e. The zero-order valence-electron chi connectivity index (χ0n) is 18.6. The highest BCUT2D eigenvalue weighted by molar-refractivity contribution is 6.16. The van der Waals surface area contributed by atoms with Crippen molar-refractivity contribution in [3.63, 3.8) is 0 Å². The first-order valence-electron chi connectivity index (χ1n) is 11.0. The fourth-order valence-corrected chi connectivity index (χ4v) is 4.90. The molecule has 0 spiro atoms. The van der Waals surface area contributed by atoms with Gasteiger partial charge < -0.3 is 26.0 Å². The van der Waals surface area contributed by atoms with Crippen LogP contribution in [0.15, 0.2) is 34.5 Å². The molecule has 2 saturated heterocycles. The molecule has 9 nitrogen and oxygen atoms in total. The van der Waals surface area contributed by atoms with Crippen LogP contribution in [0.5, 0.6) is 0 Å². The first kappa shape index (κ1) is 21.5. The number of hydrogen-bond acceptors (Lipinski definition) is 7. The van der Waals surface area contributed by atoms with Gasteiger partial charge in [-0.3, -0.25) is 0 Å². The number of nitrogens with two attached hydrogens (primary N) is 1. The van der Waals surface area contributed by atoms with Crippen molar-refractivity contribution >= 4 is 40.6 Å². The predicted molar refractivity (Wildman–Crippen MR) is 127 cm³/mol. The molecule has 0 amide bonds. The average molecular weight is 451 g/mol. The highest BCUT2D eigenvalue weighted by Crippen LogP contribution is 2.41. The van der Waals surface area contributed by atoms with Gasteiger partial charge in [0.15, 0.2) is 5.82 Å². The van der Waals surface area contributed by atoms with Crippen LogP contribution in [0.4, 0.5) is 21.6 Å². The first-order chi connectivity index (χ1) is 15.9. The second-order valence-corrected chi connectivity index (χ2v) is 8.78. The zero-order valence-corrected chi connectivity index (χ0v) is 18.6. The zero-order chi connectivity index (χ0) is 23.3. The number of amidine groups is 1. The number of fused-ring (bicyclic) bond motifs is 3. The molecule has 2 aromatic heterocycles.